The molecule has 0 spiro atoms. The smallest absolute Gasteiger partial charge is 0.130 e. The molecular formula is C19H20N2. The quantitative estimate of drug-likeness (QED) is 0.726. The van der Waals surface area contributed by atoms with Crippen LogP contribution in [0, 0.1) is 13.8 Å². The lowest BCUT2D eigenvalue weighted by atomic mass is 10.1. The molecule has 0 amide bonds. The molecule has 3 rings (SSSR count). The van der Waals surface area contributed by atoms with Gasteiger partial charge in [0.25, 0.3) is 0 Å². The van der Waals surface area contributed by atoms with Crippen molar-refractivity contribution in [2.24, 2.45) is 0 Å². The van der Waals surface area contributed by atoms with Crippen molar-refractivity contribution in [3.8, 4) is 0 Å². The largest absolute Gasteiger partial charge is 0.363 e. The van der Waals surface area contributed by atoms with Gasteiger partial charge < -0.3 is 5.32 Å². The third kappa shape index (κ3) is 2.89. The van der Waals surface area contributed by atoms with Gasteiger partial charge in [0, 0.05) is 11.4 Å². The van der Waals surface area contributed by atoms with E-state index >= 15 is 0 Å². The summed E-state index contributed by atoms with van der Waals surface area (Å²) >= 11 is 0. The van der Waals surface area contributed by atoms with Crippen molar-refractivity contribution in [1.82, 2.24) is 4.98 Å². The number of fused-ring (bicyclic) bond motifs is 1. The Morgan fingerprint density at radius 1 is 0.952 bits per heavy atom. The van der Waals surface area contributed by atoms with E-state index < -0.39 is 0 Å². The number of pyridine rings is 1. The SMILES string of the molecule is Cc1ccc(C(C)Nc2nc3ccccc3cc2C)cc1. The Labute approximate surface area is 125 Å². The minimum Gasteiger partial charge on any atom is -0.363 e. The highest BCUT2D eigenvalue weighted by Crippen LogP contribution is 2.24. The van der Waals surface area contributed by atoms with Crippen LogP contribution in [0.3, 0.4) is 0 Å². The second-order valence-electron chi connectivity index (χ2n) is 5.62. The van der Waals surface area contributed by atoms with Crippen molar-refractivity contribution in [2.75, 3.05) is 5.32 Å². The molecule has 2 aromatic carbocycles. The van der Waals surface area contributed by atoms with Crippen LogP contribution in [-0.2, 0) is 0 Å². The van der Waals surface area contributed by atoms with E-state index in [1.54, 1.807) is 0 Å². The van der Waals surface area contributed by atoms with E-state index in [-0.39, 0.29) is 6.04 Å². The third-order valence-corrected chi connectivity index (χ3v) is 3.85. The molecule has 1 heterocycles. The maximum Gasteiger partial charge on any atom is 0.130 e. The second-order valence-corrected chi connectivity index (χ2v) is 5.62. The predicted octanol–water partition coefficient (Wildman–Crippen LogP) is 5.02. The fraction of sp³-hybridized carbons (Fsp3) is 0.211. The zero-order valence-electron chi connectivity index (χ0n) is 12.7. The lowest BCUT2D eigenvalue weighted by molar-refractivity contribution is 0.873. The average Bonchev–Trinajstić information content (AvgIpc) is 2.48. The van der Waals surface area contributed by atoms with E-state index in [0.29, 0.717) is 0 Å². The lowest BCUT2D eigenvalue weighted by Gasteiger charge is -2.17. The highest BCUT2D eigenvalue weighted by Gasteiger charge is 2.09. The molecule has 1 N–H and O–H groups in total. The van der Waals surface area contributed by atoms with Crippen molar-refractivity contribution in [1.29, 1.82) is 0 Å². The van der Waals surface area contributed by atoms with Crippen molar-refractivity contribution in [2.45, 2.75) is 26.8 Å². The van der Waals surface area contributed by atoms with Gasteiger partial charge in [-0.2, -0.15) is 0 Å². The molecule has 0 bridgehead atoms. The number of nitrogens with zero attached hydrogens (tertiary/aromatic N) is 1. The number of rotatable bonds is 3. The summed E-state index contributed by atoms with van der Waals surface area (Å²) in [5.41, 5.74) is 4.76. The summed E-state index contributed by atoms with van der Waals surface area (Å²) in [6, 6.07) is 19.3. The molecule has 0 aliphatic carbocycles. The third-order valence-electron chi connectivity index (χ3n) is 3.85. The lowest BCUT2D eigenvalue weighted by Crippen LogP contribution is -2.09. The highest BCUT2D eigenvalue weighted by atomic mass is 15.0. The minimum absolute atomic E-state index is 0.234. The summed E-state index contributed by atoms with van der Waals surface area (Å²) in [5, 5.41) is 4.71. The Kier molecular flexibility index (Phi) is 3.61. The second kappa shape index (κ2) is 5.57. The molecule has 2 nitrogen and oxygen atoms in total. The standard InChI is InChI=1S/C19H20N2/c1-13-8-10-16(11-9-13)15(3)20-19-14(2)12-17-6-4-5-7-18(17)21-19/h4-12,15H,1-3H3,(H,20,21). The van der Waals surface area contributed by atoms with E-state index in [1.165, 1.54) is 22.1 Å². The molecule has 2 heteroatoms. The molecule has 0 saturated carbocycles. The summed E-state index contributed by atoms with van der Waals surface area (Å²) in [4.78, 5) is 4.75. The van der Waals surface area contributed by atoms with Gasteiger partial charge in [-0.3, -0.25) is 0 Å². The summed E-state index contributed by atoms with van der Waals surface area (Å²) in [5.74, 6) is 0.960. The van der Waals surface area contributed by atoms with Crippen LogP contribution in [0.4, 0.5) is 5.82 Å². The number of aryl methyl sites for hydroxylation is 2. The topological polar surface area (TPSA) is 24.9 Å². The molecule has 0 radical (unpaired) electrons. The van der Waals surface area contributed by atoms with Gasteiger partial charge in [-0.1, -0.05) is 48.0 Å². The molecule has 0 aliphatic rings. The molecule has 0 saturated heterocycles. The molecular weight excluding hydrogens is 256 g/mol. The molecule has 106 valence electrons. The van der Waals surface area contributed by atoms with Gasteiger partial charge in [-0.05, 0) is 44.0 Å². The first-order chi connectivity index (χ1) is 10.1. The molecule has 1 unspecified atom stereocenters. The molecule has 21 heavy (non-hydrogen) atoms. The van der Waals surface area contributed by atoms with E-state index in [9.17, 15) is 0 Å². The number of hydrogen-bond acceptors (Lipinski definition) is 2. The summed E-state index contributed by atoms with van der Waals surface area (Å²) < 4.78 is 0. The number of hydrogen-bond donors (Lipinski definition) is 1. The zero-order chi connectivity index (χ0) is 14.8. The Bertz CT molecular complexity index is 760. The van der Waals surface area contributed by atoms with Crippen molar-refractivity contribution in [3.05, 3.63) is 71.3 Å². The van der Waals surface area contributed by atoms with Crippen LogP contribution in [0.15, 0.2) is 54.6 Å². The highest BCUT2D eigenvalue weighted by molar-refractivity contribution is 5.81. The maximum atomic E-state index is 4.75. The van der Waals surface area contributed by atoms with E-state index in [4.69, 9.17) is 4.98 Å². The van der Waals surface area contributed by atoms with Crippen LogP contribution in [0.2, 0.25) is 0 Å². The summed E-state index contributed by atoms with van der Waals surface area (Å²) in [6.07, 6.45) is 0. The fourth-order valence-electron chi connectivity index (χ4n) is 2.51. The van der Waals surface area contributed by atoms with Gasteiger partial charge in [0.15, 0.2) is 0 Å². The molecule has 1 aromatic heterocycles. The van der Waals surface area contributed by atoms with Crippen LogP contribution >= 0.6 is 0 Å². The van der Waals surface area contributed by atoms with Gasteiger partial charge in [-0.15, -0.1) is 0 Å². The van der Waals surface area contributed by atoms with Gasteiger partial charge in [-0.25, -0.2) is 4.98 Å². The zero-order valence-corrected chi connectivity index (χ0v) is 12.7. The van der Waals surface area contributed by atoms with Crippen molar-refractivity contribution < 1.29 is 0 Å². The van der Waals surface area contributed by atoms with Crippen LogP contribution in [0.25, 0.3) is 10.9 Å². The normalized spacial score (nSPS) is 12.3. The summed E-state index contributed by atoms with van der Waals surface area (Å²) in [7, 11) is 0. The molecule has 0 fully saturated rings. The van der Waals surface area contributed by atoms with E-state index in [0.717, 1.165) is 11.3 Å². The summed E-state index contributed by atoms with van der Waals surface area (Å²) in [6.45, 7) is 6.38. The Balaban J connectivity index is 1.90. The minimum atomic E-state index is 0.234. The van der Waals surface area contributed by atoms with E-state index in [1.807, 2.05) is 12.1 Å². The number of anilines is 1. The average molecular weight is 276 g/mol. The van der Waals surface area contributed by atoms with E-state index in [2.05, 4.69) is 68.6 Å². The van der Waals surface area contributed by atoms with Crippen LogP contribution in [0.5, 0.6) is 0 Å². The van der Waals surface area contributed by atoms with Gasteiger partial charge >= 0.3 is 0 Å². The Hall–Kier alpha value is -2.35. The number of para-hydroxylation sites is 1. The van der Waals surface area contributed by atoms with Gasteiger partial charge in [0.1, 0.15) is 5.82 Å². The first-order valence-electron chi connectivity index (χ1n) is 7.33. The first kappa shape index (κ1) is 13.6. The number of aromatic nitrogens is 1. The number of benzene rings is 2. The van der Waals surface area contributed by atoms with Crippen molar-refractivity contribution >= 4 is 16.7 Å². The van der Waals surface area contributed by atoms with Crippen molar-refractivity contribution in [3.63, 3.8) is 0 Å². The maximum absolute atomic E-state index is 4.75. The predicted molar refractivity (Wildman–Crippen MR) is 89.7 cm³/mol. The molecule has 0 aliphatic heterocycles. The van der Waals surface area contributed by atoms with Gasteiger partial charge in [0.2, 0.25) is 0 Å². The van der Waals surface area contributed by atoms with Gasteiger partial charge in [0.05, 0.1) is 5.52 Å². The monoisotopic (exact) mass is 276 g/mol. The molecule has 1 atom stereocenters. The van der Waals surface area contributed by atoms with Crippen LogP contribution < -0.4 is 5.32 Å². The van der Waals surface area contributed by atoms with Crippen LogP contribution in [0.1, 0.15) is 29.7 Å². The molecule has 3 aromatic rings. The number of nitrogens with one attached hydrogen (secondary N) is 1. The Morgan fingerprint density at radius 2 is 1.67 bits per heavy atom. The first-order valence-corrected chi connectivity index (χ1v) is 7.33. The Morgan fingerprint density at radius 3 is 2.43 bits per heavy atom. The van der Waals surface area contributed by atoms with Crippen LogP contribution in [-0.4, -0.2) is 4.98 Å². The fourth-order valence-corrected chi connectivity index (χ4v) is 2.51.